The van der Waals surface area contributed by atoms with Crippen molar-refractivity contribution in [3.05, 3.63) is 66.0 Å². The second-order valence-electron chi connectivity index (χ2n) is 5.79. The van der Waals surface area contributed by atoms with Gasteiger partial charge in [0.25, 0.3) is 5.22 Å². The molecule has 0 fully saturated rings. The predicted octanol–water partition coefficient (Wildman–Crippen LogP) is 4.04. The maximum absolute atomic E-state index is 5.88. The fourth-order valence-electron chi connectivity index (χ4n) is 3.14. The van der Waals surface area contributed by atoms with E-state index in [2.05, 4.69) is 29.9 Å². The third-order valence-corrected chi connectivity index (χ3v) is 8.91. The average molecular weight is 459 g/mol. The number of nitrogens with zero attached hydrogens (tertiary/aromatic N) is 8. The Balaban J connectivity index is 1.71. The van der Waals surface area contributed by atoms with E-state index in [-0.39, 0.29) is 0 Å². The highest BCUT2D eigenvalue weighted by Crippen LogP contribution is 2.76. The van der Waals surface area contributed by atoms with Gasteiger partial charge < -0.3 is 13.5 Å². The van der Waals surface area contributed by atoms with Gasteiger partial charge in [-0.05, 0) is 17.6 Å². The first kappa shape index (κ1) is 17.4. The maximum Gasteiger partial charge on any atom is 0.267 e. The SMILES string of the molecule is C1=C(c2conn2)S(c2ccon2)(c2ncco2)N(c2ccsn2)N1c1nccs1. The molecule has 150 valence electrons. The lowest BCUT2D eigenvalue weighted by molar-refractivity contribution is 0.393. The molecule has 30 heavy (non-hydrogen) atoms. The van der Waals surface area contributed by atoms with E-state index < -0.39 is 10.2 Å². The summed E-state index contributed by atoms with van der Waals surface area (Å²) in [6.07, 6.45) is 9.74. The van der Waals surface area contributed by atoms with Crippen molar-refractivity contribution in [1.29, 1.82) is 0 Å². The van der Waals surface area contributed by atoms with Gasteiger partial charge in [0, 0.05) is 44.7 Å². The summed E-state index contributed by atoms with van der Waals surface area (Å²) in [6.45, 7) is 0. The lowest BCUT2D eigenvalue weighted by Gasteiger charge is -2.42. The highest BCUT2D eigenvalue weighted by atomic mass is 32.3. The number of hydrazine groups is 1. The third kappa shape index (κ3) is 2.38. The van der Waals surface area contributed by atoms with E-state index >= 15 is 0 Å². The van der Waals surface area contributed by atoms with Gasteiger partial charge >= 0.3 is 0 Å². The van der Waals surface area contributed by atoms with Crippen molar-refractivity contribution in [3.8, 4) is 0 Å². The Morgan fingerprint density at radius 3 is 2.70 bits per heavy atom. The first-order valence-electron chi connectivity index (χ1n) is 8.41. The molecule has 14 heteroatoms. The molecular formula is C16H10N8O3S3. The zero-order valence-electron chi connectivity index (χ0n) is 14.8. The minimum Gasteiger partial charge on any atom is -0.439 e. The molecular weight excluding hydrogens is 448 g/mol. The Hall–Kier alpha value is -3.49. The standard InChI is InChI=1S/C16H10N8O3S3/c1-5-26-20-14(1)30(16-18-3-6-25-16)12(11-10-27-22-19-11)9-23(15-17-4-8-28-15)24(30)13-2-7-29-21-13/h1-10H. The summed E-state index contributed by atoms with van der Waals surface area (Å²) in [7, 11) is -2.45. The number of aromatic nitrogens is 6. The predicted molar refractivity (Wildman–Crippen MR) is 109 cm³/mol. The molecule has 0 amide bonds. The molecule has 0 spiro atoms. The quantitative estimate of drug-likeness (QED) is 0.379. The van der Waals surface area contributed by atoms with Crippen LogP contribution in [0.1, 0.15) is 5.69 Å². The molecule has 1 aliphatic heterocycles. The summed E-state index contributed by atoms with van der Waals surface area (Å²) in [5, 5.41) is 19.6. The Labute approximate surface area is 177 Å². The third-order valence-electron chi connectivity index (χ3n) is 4.24. The van der Waals surface area contributed by atoms with E-state index in [0.29, 0.717) is 21.8 Å². The van der Waals surface area contributed by atoms with E-state index in [1.54, 1.807) is 18.5 Å². The zero-order chi connectivity index (χ0) is 20.0. The van der Waals surface area contributed by atoms with Gasteiger partial charge in [-0.15, -0.1) is 16.4 Å². The molecule has 1 unspecified atom stereocenters. The van der Waals surface area contributed by atoms with E-state index in [9.17, 15) is 0 Å². The Kier molecular flexibility index (Phi) is 3.93. The smallest absolute Gasteiger partial charge is 0.267 e. The van der Waals surface area contributed by atoms with Gasteiger partial charge in [0.1, 0.15) is 18.2 Å². The number of thiazole rings is 1. The van der Waals surface area contributed by atoms with E-state index in [1.165, 1.54) is 41.7 Å². The van der Waals surface area contributed by atoms with Gasteiger partial charge in [0.15, 0.2) is 17.1 Å². The molecule has 0 aromatic carbocycles. The van der Waals surface area contributed by atoms with Gasteiger partial charge in [-0.1, -0.05) is 5.16 Å². The van der Waals surface area contributed by atoms with Gasteiger partial charge in [0.05, 0.1) is 11.1 Å². The van der Waals surface area contributed by atoms with Crippen molar-refractivity contribution >= 4 is 48.9 Å². The van der Waals surface area contributed by atoms with Crippen LogP contribution in [0.15, 0.2) is 84.0 Å². The fourth-order valence-corrected chi connectivity index (χ4v) is 7.67. The molecule has 0 bridgehead atoms. The van der Waals surface area contributed by atoms with Crippen LogP contribution in [0, 0.1) is 0 Å². The molecule has 11 nitrogen and oxygen atoms in total. The van der Waals surface area contributed by atoms with Gasteiger partial charge in [-0.3, -0.25) is 0 Å². The van der Waals surface area contributed by atoms with Crippen LogP contribution in [0.4, 0.5) is 10.9 Å². The van der Waals surface area contributed by atoms with E-state index in [4.69, 9.17) is 13.5 Å². The van der Waals surface area contributed by atoms with Gasteiger partial charge in [0.2, 0.25) is 5.13 Å². The highest BCUT2D eigenvalue weighted by Gasteiger charge is 2.54. The largest absolute Gasteiger partial charge is 0.439 e. The molecule has 6 heterocycles. The normalized spacial score (nSPS) is 21.0. The number of rotatable bonds is 5. The van der Waals surface area contributed by atoms with Crippen LogP contribution in [0.2, 0.25) is 0 Å². The van der Waals surface area contributed by atoms with Crippen molar-refractivity contribution in [2.75, 3.05) is 9.42 Å². The Morgan fingerprint density at radius 2 is 2.03 bits per heavy atom. The lowest BCUT2D eigenvalue weighted by Crippen LogP contribution is -2.37. The van der Waals surface area contributed by atoms with Crippen molar-refractivity contribution in [2.24, 2.45) is 0 Å². The Bertz CT molecular complexity index is 1220. The minimum absolute atomic E-state index is 0.428. The van der Waals surface area contributed by atoms with Crippen LogP contribution in [-0.2, 0) is 0 Å². The second-order valence-corrected chi connectivity index (χ2v) is 10.0. The summed E-state index contributed by atoms with van der Waals surface area (Å²) in [4.78, 5) is 9.76. The molecule has 1 aliphatic rings. The molecule has 6 rings (SSSR count). The van der Waals surface area contributed by atoms with Crippen molar-refractivity contribution in [3.63, 3.8) is 0 Å². The van der Waals surface area contributed by atoms with Crippen molar-refractivity contribution in [2.45, 2.75) is 10.2 Å². The van der Waals surface area contributed by atoms with Crippen molar-refractivity contribution < 1.29 is 13.5 Å². The number of oxazole rings is 1. The molecule has 0 saturated heterocycles. The fraction of sp³-hybridized carbons (Fsp3) is 0. The van der Waals surface area contributed by atoms with Crippen LogP contribution in [0.5, 0.6) is 0 Å². The highest BCUT2D eigenvalue weighted by molar-refractivity contribution is 8.42. The molecule has 5 aromatic heterocycles. The molecule has 0 radical (unpaired) electrons. The number of hydrogen-bond acceptors (Lipinski definition) is 13. The second kappa shape index (κ2) is 6.79. The monoisotopic (exact) mass is 458 g/mol. The van der Waals surface area contributed by atoms with Gasteiger partial charge in [-0.2, -0.15) is 4.37 Å². The van der Waals surface area contributed by atoms with Crippen LogP contribution in [0.3, 0.4) is 0 Å². The molecule has 0 N–H and O–H groups in total. The minimum atomic E-state index is -2.45. The number of hydrogen-bond donors (Lipinski definition) is 0. The van der Waals surface area contributed by atoms with Crippen LogP contribution < -0.4 is 9.42 Å². The summed E-state index contributed by atoms with van der Waals surface area (Å²) < 4.78 is 22.8. The van der Waals surface area contributed by atoms with Crippen LogP contribution in [-0.4, -0.2) is 29.9 Å². The van der Waals surface area contributed by atoms with E-state index in [1.807, 2.05) is 32.4 Å². The molecule has 5 aromatic rings. The van der Waals surface area contributed by atoms with Gasteiger partial charge in [-0.25, -0.2) is 19.4 Å². The topological polar surface area (TPSA) is 123 Å². The first-order valence-corrected chi connectivity index (χ1v) is 11.7. The molecule has 0 aliphatic carbocycles. The average Bonchev–Trinajstić information content (AvgIpc) is 3.62. The Morgan fingerprint density at radius 1 is 1.03 bits per heavy atom. The van der Waals surface area contributed by atoms with Crippen molar-refractivity contribution in [1.82, 2.24) is 29.9 Å². The maximum atomic E-state index is 5.88. The lowest BCUT2D eigenvalue weighted by atomic mass is 10.4. The summed E-state index contributed by atoms with van der Waals surface area (Å²) in [5.41, 5.74) is 0.519. The molecule has 0 saturated carbocycles. The summed E-state index contributed by atoms with van der Waals surface area (Å²) in [6, 6.07) is 3.69. The zero-order valence-corrected chi connectivity index (χ0v) is 17.3. The summed E-state index contributed by atoms with van der Waals surface area (Å²) in [5.74, 6) is 0.675. The van der Waals surface area contributed by atoms with E-state index in [0.717, 1.165) is 10.0 Å². The number of anilines is 2. The van der Waals surface area contributed by atoms with Crippen LogP contribution in [0.25, 0.3) is 4.91 Å². The van der Waals surface area contributed by atoms with Crippen LogP contribution >= 0.6 is 33.1 Å². The first-order chi connectivity index (χ1) is 14.9. The summed E-state index contributed by atoms with van der Waals surface area (Å²) >= 11 is 2.81. The molecule has 1 atom stereocenters.